The van der Waals surface area contributed by atoms with E-state index in [4.69, 9.17) is 11.1 Å². The Morgan fingerprint density at radius 2 is 2.07 bits per heavy atom. The topological polar surface area (TPSA) is 67.7 Å². The maximum atomic E-state index is 7.19. The van der Waals surface area contributed by atoms with Gasteiger partial charge in [0.05, 0.1) is 17.7 Å². The summed E-state index contributed by atoms with van der Waals surface area (Å²) >= 11 is 0. The second kappa shape index (κ2) is 3.96. The van der Waals surface area contributed by atoms with E-state index >= 15 is 0 Å². The number of hydrogen-bond acceptors (Lipinski definition) is 2. The van der Waals surface area contributed by atoms with Gasteiger partial charge in [-0.15, -0.1) is 0 Å². The molecule has 0 atom stereocenters. The van der Waals surface area contributed by atoms with Crippen LogP contribution in [-0.4, -0.2) is 15.6 Å². The number of para-hydroxylation sites is 1. The van der Waals surface area contributed by atoms with Gasteiger partial charge >= 0.3 is 0 Å². The van der Waals surface area contributed by atoms with Gasteiger partial charge < -0.3 is 5.73 Å². The zero-order chi connectivity index (χ0) is 10.7. The molecule has 76 valence electrons. The number of nitrogens with one attached hydrogen (secondary N) is 1. The monoisotopic (exact) mass is 200 g/mol. The molecule has 1 heterocycles. The largest absolute Gasteiger partial charge is 0.387 e. The van der Waals surface area contributed by atoms with Crippen LogP contribution in [0.5, 0.6) is 0 Å². The molecule has 0 radical (unpaired) electrons. The Morgan fingerprint density at radius 3 is 2.73 bits per heavy atom. The molecule has 3 N–H and O–H groups in total. The summed E-state index contributed by atoms with van der Waals surface area (Å²) < 4.78 is 1.78. The van der Waals surface area contributed by atoms with Gasteiger partial charge in [0.15, 0.2) is 0 Å². The first-order valence-corrected chi connectivity index (χ1v) is 4.67. The number of nitrogens with two attached hydrogens (primary N) is 1. The van der Waals surface area contributed by atoms with Gasteiger partial charge in [-0.2, -0.15) is 5.10 Å². The normalized spacial score (nSPS) is 10.1. The molecule has 0 aliphatic heterocycles. The molecular formula is C11H12N4. The summed E-state index contributed by atoms with van der Waals surface area (Å²) in [5.74, 6) is 0.155. The first-order chi connectivity index (χ1) is 7.25. The van der Waals surface area contributed by atoms with Crippen LogP contribution in [0.2, 0.25) is 0 Å². The zero-order valence-corrected chi connectivity index (χ0v) is 8.22. The zero-order valence-electron chi connectivity index (χ0n) is 8.22. The molecule has 0 spiro atoms. The summed E-state index contributed by atoms with van der Waals surface area (Å²) in [5, 5.41) is 11.4. The van der Waals surface area contributed by atoms with E-state index in [1.165, 1.54) is 0 Å². The van der Waals surface area contributed by atoms with Crippen molar-refractivity contribution in [2.75, 3.05) is 0 Å². The van der Waals surface area contributed by atoms with Crippen LogP contribution in [0.1, 0.15) is 5.56 Å². The van der Waals surface area contributed by atoms with Crippen LogP contribution in [-0.2, 0) is 6.42 Å². The molecule has 1 aromatic carbocycles. The Hall–Kier alpha value is -2.10. The average molecular weight is 200 g/mol. The van der Waals surface area contributed by atoms with Crippen LogP contribution >= 0.6 is 0 Å². The predicted octanol–water partition coefficient (Wildman–Crippen LogP) is 1.35. The van der Waals surface area contributed by atoms with Gasteiger partial charge in [-0.3, -0.25) is 5.41 Å². The van der Waals surface area contributed by atoms with Gasteiger partial charge in [0.25, 0.3) is 0 Å². The first-order valence-electron chi connectivity index (χ1n) is 4.67. The summed E-state index contributed by atoms with van der Waals surface area (Å²) in [5.41, 5.74) is 7.28. The van der Waals surface area contributed by atoms with Crippen molar-refractivity contribution in [2.45, 2.75) is 6.42 Å². The van der Waals surface area contributed by atoms with E-state index < -0.39 is 0 Å². The van der Waals surface area contributed by atoms with Gasteiger partial charge in [0.2, 0.25) is 0 Å². The highest BCUT2D eigenvalue weighted by Crippen LogP contribution is 2.07. The fourth-order valence-corrected chi connectivity index (χ4v) is 1.39. The Balaban J connectivity index is 2.24. The van der Waals surface area contributed by atoms with Crippen LogP contribution in [0, 0.1) is 5.41 Å². The lowest BCUT2D eigenvalue weighted by molar-refractivity contribution is 0.880. The SMILES string of the molecule is N=C(N)Cc1cnn(-c2ccccc2)c1. The lowest BCUT2D eigenvalue weighted by Crippen LogP contribution is -2.12. The average Bonchev–Trinajstić information content (AvgIpc) is 2.67. The summed E-state index contributed by atoms with van der Waals surface area (Å²) in [6.45, 7) is 0. The number of benzene rings is 1. The van der Waals surface area contributed by atoms with Crippen molar-refractivity contribution in [3.8, 4) is 5.69 Å². The van der Waals surface area contributed by atoms with Crippen LogP contribution in [0.25, 0.3) is 5.69 Å². The molecule has 2 aromatic rings. The van der Waals surface area contributed by atoms with E-state index in [1.54, 1.807) is 10.9 Å². The third-order valence-electron chi connectivity index (χ3n) is 2.05. The standard InChI is InChI=1S/C11H12N4/c12-11(13)6-9-7-14-15(8-9)10-4-2-1-3-5-10/h1-5,7-8H,6H2,(H3,12,13). The number of aromatic nitrogens is 2. The molecule has 0 saturated carbocycles. The van der Waals surface area contributed by atoms with E-state index in [-0.39, 0.29) is 5.84 Å². The van der Waals surface area contributed by atoms with Crippen LogP contribution < -0.4 is 5.73 Å². The van der Waals surface area contributed by atoms with Crippen molar-refractivity contribution in [2.24, 2.45) is 5.73 Å². The molecule has 2 rings (SSSR count). The molecular weight excluding hydrogens is 188 g/mol. The van der Waals surface area contributed by atoms with Crippen molar-refractivity contribution < 1.29 is 0 Å². The van der Waals surface area contributed by atoms with E-state index in [2.05, 4.69) is 5.10 Å². The number of amidine groups is 1. The highest BCUT2D eigenvalue weighted by atomic mass is 15.3. The highest BCUT2D eigenvalue weighted by molar-refractivity contribution is 5.79. The van der Waals surface area contributed by atoms with Crippen molar-refractivity contribution >= 4 is 5.84 Å². The second-order valence-corrected chi connectivity index (χ2v) is 3.33. The smallest absolute Gasteiger partial charge is 0.0951 e. The maximum absolute atomic E-state index is 7.19. The lowest BCUT2D eigenvalue weighted by atomic mass is 10.2. The number of nitrogens with zero attached hydrogens (tertiary/aromatic N) is 2. The van der Waals surface area contributed by atoms with Gasteiger partial charge in [-0.05, 0) is 17.7 Å². The molecule has 1 aromatic heterocycles. The predicted molar refractivity (Wildman–Crippen MR) is 59.2 cm³/mol. The fraction of sp³-hybridized carbons (Fsp3) is 0.0909. The molecule has 0 unspecified atom stereocenters. The Kier molecular flexibility index (Phi) is 2.49. The van der Waals surface area contributed by atoms with Crippen LogP contribution in [0.3, 0.4) is 0 Å². The third kappa shape index (κ3) is 2.22. The van der Waals surface area contributed by atoms with Gasteiger partial charge in [-0.25, -0.2) is 4.68 Å². The van der Waals surface area contributed by atoms with Crippen molar-refractivity contribution in [1.82, 2.24) is 9.78 Å². The minimum Gasteiger partial charge on any atom is -0.387 e. The second-order valence-electron chi connectivity index (χ2n) is 3.33. The molecule has 0 fully saturated rings. The molecule has 0 bridgehead atoms. The van der Waals surface area contributed by atoms with Gasteiger partial charge in [0.1, 0.15) is 0 Å². The summed E-state index contributed by atoms with van der Waals surface area (Å²) in [6, 6.07) is 9.84. The molecule has 4 nitrogen and oxygen atoms in total. The van der Waals surface area contributed by atoms with Gasteiger partial charge in [-0.1, -0.05) is 18.2 Å². The minimum absolute atomic E-state index is 0.155. The Bertz CT molecular complexity index is 458. The van der Waals surface area contributed by atoms with E-state index in [9.17, 15) is 0 Å². The molecule has 0 amide bonds. The lowest BCUT2D eigenvalue weighted by Gasteiger charge is -1.98. The summed E-state index contributed by atoms with van der Waals surface area (Å²) in [7, 11) is 0. The molecule has 0 saturated heterocycles. The Labute approximate surface area is 87.9 Å². The van der Waals surface area contributed by atoms with Crippen LogP contribution in [0.4, 0.5) is 0 Å². The maximum Gasteiger partial charge on any atom is 0.0951 e. The summed E-state index contributed by atoms with van der Waals surface area (Å²) in [4.78, 5) is 0. The van der Waals surface area contributed by atoms with E-state index in [0.717, 1.165) is 11.3 Å². The quantitative estimate of drug-likeness (QED) is 0.580. The molecule has 0 aliphatic carbocycles. The van der Waals surface area contributed by atoms with Crippen molar-refractivity contribution in [1.29, 1.82) is 5.41 Å². The number of rotatable bonds is 3. The summed E-state index contributed by atoms with van der Waals surface area (Å²) in [6.07, 6.45) is 4.07. The van der Waals surface area contributed by atoms with Crippen molar-refractivity contribution in [3.05, 3.63) is 48.3 Å². The van der Waals surface area contributed by atoms with E-state index in [0.29, 0.717) is 6.42 Å². The Morgan fingerprint density at radius 1 is 1.33 bits per heavy atom. The molecule has 4 heteroatoms. The first kappa shape index (κ1) is 9.45. The van der Waals surface area contributed by atoms with Crippen LogP contribution in [0.15, 0.2) is 42.7 Å². The molecule has 0 aliphatic rings. The van der Waals surface area contributed by atoms with Crippen molar-refractivity contribution in [3.63, 3.8) is 0 Å². The van der Waals surface area contributed by atoms with E-state index in [1.807, 2.05) is 36.5 Å². The highest BCUT2D eigenvalue weighted by Gasteiger charge is 2.01. The fourth-order valence-electron chi connectivity index (χ4n) is 1.39. The number of hydrogen-bond donors (Lipinski definition) is 2. The molecule has 15 heavy (non-hydrogen) atoms. The van der Waals surface area contributed by atoms with Gasteiger partial charge in [0, 0.05) is 12.6 Å². The third-order valence-corrected chi connectivity index (χ3v) is 2.05. The minimum atomic E-state index is 0.155.